The Hall–Kier alpha value is -1.56. The minimum Gasteiger partial charge on any atom is -0.0716 e. The van der Waals surface area contributed by atoms with Crippen molar-refractivity contribution in [3.05, 3.63) is 60.0 Å². The summed E-state index contributed by atoms with van der Waals surface area (Å²) < 4.78 is 0. The molecule has 0 N–H and O–H groups in total. The Kier molecular flexibility index (Phi) is 3.09. The number of hydrogen-bond acceptors (Lipinski definition) is 0. The van der Waals surface area contributed by atoms with E-state index in [1.165, 1.54) is 27.5 Å². The van der Waals surface area contributed by atoms with Crippen LogP contribution < -0.4 is 0 Å². The normalized spacial score (nSPS) is 12.8. The first-order valence-corrected chi connectivity index (χ1v) is 5.90. The first-order chi connectivity index (χ1) is 7.86. The molecule has 1 radical (unpaired) electrons. The fourth-order valence-electron chi connectivity index (χ4n) is 1.97. The number of hydrogen-bond donors (Lipinski definition) is 0. The third-order valence-corrected chi connectivity index (χ3v) is 2.76. The van der Waals surface area contributed by atoms with E-state index in [0.29, 0.717) is 0 Å². The maximum absolute atomic E-state index is 2.20. The topological polar surface area (TPSA) is 0 Å². The maximum atomic E-state index is 2.20. The minimum absolute atomic E-state index is 0. The van der Waals surface area contributed by atoms with Crippen LogP contribution in [0.25, 0.3) is 16.3 Å². The van der Waals surface area contributed by atoms with Crippen LogP contribution in [0.1, 0.15) is 26.4 Å². The molecule has 0 bridgehead atoms. The fourth-order valence-corrected chi connectivity index (χ4v) is 1.97. The highest BCUT2D eigenvalue weighted by atomic mass is 14.2. The van der Waals surface area contributed by atoms with E-state index in [4.69, 9.17) is 0 Å². The zero-order valence-corrected chi connectivity index (χ0v) is 10.1. The predicted octanol–water partition coefficient (Wildman–Crippen LogP) is 5.02. The third kappa shape index (κ3) is 1.88. The van der Waals surface area contributed by atoms with Gasteiger partial charge in [-0.15, -0.1) is 0 Å². The van der Waals surface area contributed by atoms with Crippen molar-refractivity contribution in [1.29, 1.82) is 0 Å². The van der Waals surface area contributed by atoms with Gasteiger partial charge in [0.1, 0.15) is 0 Å². The Morgan fingerprint density at radius 3 is 2.31 bits per heavy atom. The summed E-state index contributed by atoms with van der Waals surface area (Å²) in [5, 5.41) is 2.70. The highest BCUT2D eigenvalue weighted by Crippen LogP contribution is 2.36. The molecule has 16 heavy (non-hydrogen) atoms. The van der Waals surface area contributed by atoms with E-state index in [2.05, 4.69) is 55.8 Å². The van der Waals surface area contributed by atoms with Crippen LogP contribution in [0.2, 0.25) is 0 Å². The molecule has 2 aromatic carbocycles. The molecule has 1 aliphatic rings. The number of allylic oxidation sites excluding steroid dienone is 2. The second-order valence-corrected chi connectivity index (χ2v) is 3.77. The van der Waals surface area contributed by atoms with Crippen LogP contribution in [0.4, 0.5) is 0 Å². The Balaban J connectivity index is 0.000000459. The van der Waals surface area contributed by atoms with Crippen molar-refractivity contribution < 1.29 is 1.43 Å². The standard InChI is InChI=1S/C14H11.C2H6.H2/c1-10-6-7-11-4-2-3-5-13(11)14(10)12-8-9-12;1-2;/h2-9H,1H3;1-2H3;1H. The summed E-state index contributed by atoms with van der Waals surface area (Å²) in [7, 11) is 0. The van der Waals surface area contributed by atoms with Crippen LogP contribution in [0.5, 0.6) is 0 Å². The molecule has 0 saturated carbocycles. The first-order valence-electron chi connectivity index (χ1n) is 5.90. The van der Waals surface area contributed by atoms with Crippen molar-refractivity contribution in [3.8, 4) is 0 Å². The number of fused-ring (bicyclic) bond motifs is 1. The molecule has 0 aromatic heterocycles. The molecule has 0 fully saturated rings. The quantitative estimate of drug-likeness (QED) is 0.621. The van der Waals surface area contributed by atoms with E-state index in [-0.39, 0.29) is 1.43 Å². The molecule has 0 aliphatic heterocycles. The molecule has 1 aliphatic carbocycles. The van der Waals surface area contributed by atoms with Crippen molar-refractivity contribution in [2.75, 3.05) is 0 Å². The van der Waals surface area contributed by atoms with Gasteiger partial charge in [-0.05, 0) is 34.4 Å². The predicted molar refractivity (Wildman–Crippen MR) is 74.4 cm³/mol. The number of aryl methyl sites for hydroxylation is 1. The van der Waals surface area contributed by atoms with Gasteiger partial charge in [-0.2, -0.15) is 0 Å². The number of benzene rings is 2. The molecule has 0 heteroatoms. The Morgan fingerprint density at radius 1 is 0.938 bits per heavy atom. The summed E-state index contributed by atoms with van der Waals surface area (Å²) in [6, 6.07) is 13.0. The zero-order valence-electron chi connectivity index (χ0n) is 10.1. The Morgan fingerprint density at radius 2 is 1.62 bits per heavy atom. The zero-order chi connectivity index (χ0) is 11.5. The molecule has 3 rings (SSSR count). The minimum atomic E-state index is 0. The van der Waals surface area contributed by atoms with Crippen LogP contribution >= 0.6 is 0 Å². The van der Waals surface area contributed by atoms with E-state index in [1.807, 2.05) is 13.8 Å². The van der Waals surface area contributed by atoms with Crippen molar-refractivity contribution in [2.45, 2.75) is 20.8 Å². The molecule has 0 nitrogen and oxygen atoms in total. The fraction of sp³-hybridized carbons (Fsp3) is 0.188. The van der Waals surface area contributed by atoms with Crippen LogP contribution in [0, 0.1) is 13.3 Å². The van der Waals surface area contributed by atoms with Gasteiger partial charge in [0, 0.05) is 7.85 Å². The summed E-state index contributed by atoms with van der Waals surface area (Å²) in [5.41, 5.74) is 4.16. The maximum Gasteiger partial charge on any atom is 0.0131 e. The van der Waals surface area contributed by atoms with Gasteiger partial charge in [0.05, 0.1) is 0 Å². The first kappa shape index (κ1) is 10.9. The molecule has 0 heterocycles. The van der Waals surface area contributed by atoms with Gasteiger partial charge in [0.25, 0.3) is 0 Å². The van der Waals surface area contributed by atoms with E-state index in [0.717, 1.165) is 0 Å². The molecular formula is C16H19. The lowest BCUT2D eigenvalue weighted by atomic mass is 9.98. The molecule has 0 unspecified atom stereocenters. The van der Waals surface area contributed by atoms with Crippen LogP contribution in [0.3, 0.4) is 0 Å². The van der Waals surface area contributed by atoms with E-state index in [1.54, 1.807) is 0 Å². The second kappa shape index (κ2) is 4.52. The summed E-state index contributed by atoms with van der Waals surface area (Å²) in [4.78, 5) is 0. The SMILES string of the molecule is CC.Cc1ccc2ccccc2c1C1=C[CH]1.[HH]. The average Bonchev–Trinajstić information content (AvgIpc) is 3.16. The lowest BCUT2D eigenvalue weighted by molar-refractivity contribution is 1.47. The smallest absolute Gasteiger partial charge is 0.0131 e. The van der Waals surface area contributed by atoms with Gasteiger partial charge in [0.2, 0.25) is 0 Å². The summed E-state index contributed by atoms with van der Waals surface area (Å²) in [5.74, 6) is 0. The van der Waals surface area contributed by atoms with Gasteiger partial charge in [0.15, 0.2) is 0 Å². The van der Waals surface area contributed by atoms with Gasteiger partial charge in [-0.1, -0.05) is 56.3 Å². The van der Waals surface area contributed by atoms with Crippen LogP contribution in [0.15, 0.2) is 42.5 Å². The number of rotatable bonds is 1. The molecule has 2 aromatic rings. The molecule has 83 valence electrons. The van der Waals surface area contributed by atoms with Crippen LogP contribution in [-0.2, 0) is 0 Å². The summed E-state index contributed by atoms with van der Waals surface area (Å²) >= 11 is 0. The monoisotopic (exact) mass is 211 g/mol. The van der Waals surface area contributed by atoms with E-state index < -0.39 is 0 Å². The van der Waals surface area contributed by atoms with Crippen LogP contribution in [-0.4, -0.2) is 0 Å². The largest absolute Gasteiger partial charge is 0.0716 e. The van der Waals surface area contributed by atoms with Gasteiger partial charge in [-0.3, -0.25) is 0 Å². The molecular weight excluding hydrogens is 192 g/mol. The van der Waals surface area contributed by atoms with Gasteiger partial charge < -0.3 is 0 Å². The van der Waals surface area contributed by atoms with Crippen molar-refractivity contribution in [1.82, 2.24) is 0 Å². The lowest BCUT2D eigenvalue weighted by Crippen LogP contribution is -1.84. The summed E-state index contributed by atoms with van der Waals surface area (Å²) in [6.45, 7) is 6.18. The van der Waals surface area contributed by atoms with Gasteiger partial charge in [-0.25, -0.2) is 0 Å². The van der Waals surface area contributed by atoms with Crippen molar-refractivity contribution >= 4 is 16.3 Å². The van der Waals surface area contributed by atoms with Gasteiger partial charge >= 0.3 is 0 Å². The highest BCUT2D eigenvalue weighted by molar-refractivity contribution is 6.02. The lowest BCUT2D eigenvalue weighted by Gasteiger charge is -2.06. The molecule has 0 spiro atoms. The molecule has 0 atom stereocenters. The van der Waals surface area contributed by atoms with Crippen molar-refractivity contribution in [2.24, 2.45) is 0 Å². The van der Waals surface area contributed by atoms with E-state index >= 15 is 0 Å². The Bertz CT molecular complexity index is 538. The summed E-state index contributed by atoms with van der Waals surface area (Å²) in [6.07, 6.45) is 4.35. The third-order valence-electron chi connectivity index (χ3n) is 2.76. The Labute approximate surface area is 99.1 Å². The average molecular weight is 211 g/mol. The molecule has 0 amide bonds. The highest BCUT2D eigenvalue weighted by Gasteiger charge is 2.15. The molecule has 0 saturated heterocycles. The van der Waals surface area contributed by atoms with E-state index in [9.17, 15) is 0 Å². The second-order valence-electron chi connectivity index (χ2n) is 3.77. The van der Waals surface area contributed by atoms with Crippen molar-refractivity contribution in [3.63, 3.8) is 0 Å².